The molecular weight excluding hydrogens is 700 g/mol. The van der Waals surface area contributed by atoms with Crippen LogP contribution < -0.4 is 31.6 Å². The van der Waals surface area contributed by atoms with Crippen LogP contribution in [-0.2, 0) is 25.9 Å². The minimum absolute atomic E-state index is 0.0514. The number of allylic oxidation sites excluding steroid dienone is 2. The summed E-state index contributed by atoms with van der Waals surface area (Å²) in [6.07, 6.45) is 4.52. The number of benzene rings is 2. The number of hydrogen-bond acceptors (Lipinski definition) is 12. The van der Waals surface area contributed by atoms with E-state index in [1.165, 1.54) is 38.5 Å². The maximum atomic E-state index is 13.5. The Kier molecular flexibility index (Phi) is 10.2. The van der Waals surface area contributed by atoms with Crippen LogP contribution in [0.2, 0.25) is 0 Å². The molecule has 18 heteroatoms. The number of primary amides is 2. The summed E-state index contributed by atoms with van der Waals surface area (Å²) in [5.41, 5.74) is 14.1. The Bertz CT molecular complexity index is 2320. The highest BCUT2D eigenvalue weighted by Gasteiger charge is 2.25. The molecule has 0 bridgehead atoms. The number of nitrogens with zero attached hydrogens (tertiary/aromatic N) is 6. The maximum Gasteiger partial charge on any atom is 0.295 e. The first-order chi connectivity index (χ1) is 25.9. The van der Waals surface area contributed by atoms with Crippen LogP contribution in [0.1, 0.15) is 78.8 Å². The highest BCUT2D eigenvalue weighted by molar-refractivity contribution is 6.05. The quantitative estimate of drug-likeness (QED) is 0.115. The normalized spacial score (nSPS) is 11.4. The van der Waals surface area contributed by atoms with Crippen LogP contribution in [0, 0.1) is 13.8 Å². The van der Waals surface area contributed by atoms with Crippen LogP contribution in [0.3, 0.4) is 0 Å². The number of fused-ring (bicyclic) bond motifs is 2. The lowest BCUT2D eigenvalue weighted by atomic mass is 10.1. The molecule has 0 spiro atoms. The van der Waals surface area contributed by atoms with Gasteiger partial charge in [0.15, 0.2) is 11.8 Å². The SMILES string of the molecule is CCc1nc(C)oc1C(=O)Nc1nc2cc(C(N)=O)cc(OC)c2n1C/C=C/Cn1c(NC(=O)c2oc(C)nc2CC)nc2cc(C(N)=O)cc(OC)c21. The summed E-state index contributed by atoms with van der Waals surface area (Å²) in [6.45, 7) is 7.29. The number of amides is 4. The van der Waals surface area contributed by atoms with Crippen LogP contribution in [0.5, 0.6) is 11.5 Å². The van der Waals surface area contributed by atoms with Crippen LogP contribution >= 0.6 is 0 Å². The number of imidazole rings is 2. The number of rotatable bonds is 14. The number of aryl methyl sites for hydroxylation is 4. The minimum Gasteiger partial charge on any atom is -0.494 e. The molecular formula is C36H38N10O8. The summed E-state index contributed by atoms with van der Waals surface area (Å²) < 4.78 is 25.8. The first kappa shape index (κ1) is 36.8. The van der Waals surface area contributed by atoms with Gasteiger partial charge in [0.25, 0.3) is 11.8 Å². The molecule has 0 aliphatic heterocycles. The number of nitrogens with one attached hydrogen (secondary N) is 2. The third kappa shape index (κ3) is 6.95. The zero-order valence-corrected chi connectivity index (χ0v) is 30.4. The number of ether oxygens (including phenoxy) is 2. The van der Waals surface area contributed by atoms with E-state index in [2.05, 4.69) is 30.6 Å². The molecule has 0 saturated carbocycles. The van der Waals surface area contributed by atoms with Crippen molar-refractivity contribution in [3.05, 3.63) is 82.2 Å². The van der Waals surface area contributed by atoms with Crippen LogP contribution in [0.15, 0.2) is 45.3 Å². The van der Waals surface area contributed by atoms with E-state index < -0.39 is 23.6 Å². The second-order valence-corrected chi connectivity index (χ2v) is 12.0. The molecule has 0 unspecified atom stereocenters. The average Bonchev–Trinajstić information content (AvgIpc) is 3.91. The molecule has 18 nitrogen and oxygen atoms in total. The van der Waals surface area contributed by atoms with E-state index in [0.717, 1.165) is 0 Å². The van der Waals surface area contributed by atoms with E-state index in [1.54, 1.807) is 35.1 Å². The maximum absolute atomic E-state index is 13.5. The Labute approximate surface area is 307 Å². The lowest BCUT2D eigenvalue weighted by Crippen LogP contribution is -2.17. The summed E-state index contributed by atoms with van der Waals surface area (Å²) in [5, 5.41) is 5.62. The van der Waals surface area contributed by atoms with Gasteiger partial charge in [0.05, 0.1) is 36.6 Å². The average molecular weight is 739 g/mol. The van der Waals surface area contributed by atoms with Gasteiger partial charge in [-0.1, -0.05) is 26.0 Å². The summed E-state index contributed by atoms with van der Waals surface area (Å²) in [6, 6.07) is 6.00. The van der Waals surface area contributed by atoms with Crippen molar-refractivity contribution in [2.24, 2.45) is 11.5 Å². The molecule has 54 heavy (non-hydrogen) atoms. The Morgan fingerprint density at radius 1 is 0.685 bits per heavy atom. The second-order valence-electron chi connectivity index (χ2n) is 12.0. The van der Waals surface area contributed by atoms with Gasteiger partial charge in [0.1, 0.15) is 22.5 Å². The zero-order valence-electron chi connectivity index (χ0n) is 30.4. The van der Waals surface area contributed by atoms with Gasteiger partial charge in [-0.05, 0) is 37.1 Å². The Morgan fingerprint density at radius 2 is 1.07 bits per heavy atom. The lowest BCUT2D eigenvalue weighted by molar-refractivity contribution is 0.0985. The van der Waals surface area contributed by atoms with Crippen molar-refractivity contribution < 1.29 is 37.5 Å². The van der Waals surface area contributed by atoms with E-state index in [4.69, 9.17) is 29.8 Å². The zero-order chi connectivity index (χ0) is 38.8. The standard InChI is InChI=1S/C36H38N10O8/c1-7-21-29(53-17(3)39-21)33(49)43-35-41-23-13-19(31(37)47)15-25(51-5)27(23)45(35)11-9-10-12-46-28-24(14-20(32(38)48)16-26(28)52-6)42-36(46)44-34(50)30-22(8-2)40-18(4)54-30/h9-10,13-16H,7-8,11-12H2,1-6H3,(H2,37,47)(H2,38,48)(H,41,43,49)(H,42,44,50)/b10-9+. The largest absolute Gasteiger partial charge is 0.494 e. The Balaban J connectivity index is 1.39. The van der Waals surface area contributed by atoms with E-state index in [9.17, 15) is 19.2 Å². The van der Waals surface area contributed by atoms with E-state index in [1.807, 2.05) is 13.8 Å². The molecule has 2 aromatic carbocycles. The third-order valence-corrected chi connectivity index (χ3v) is 8.51. The number of hydrogen-bond donors (Lipinski definition) is 4. The molecule has 280 valence electrons. The van der Waals surface area contributed by atoms with E-state index >= 15 is 0 Å². The lowest BCUT2D eigenvalue weighted by Gasteiger charge is -2.12. The van der Waals surface area contributed by atoms with E-state index in [0.29, 0.717) is 69.6 Å². The van der Waals surface area contributed by atoms with Crippen molar-refractivity contribution in [3.8, 4) is 11.5 Å². The van der Waals surface area contributed by atoms with Gasteiger partial charge < -0.3 is 38.9 Å². The van der Waals surface area contributed by atoms with Crippen molar-refractivity contribution in [1.82, 2.24) is 29.1 Å². The van der Waals surface area contributed by atoms with Crippen molar-refractivity contribution in [2.45, 2.75) is 53.6 Å². The van der Waals surface area contributed by atoms with Crippen molar-refractivity contribution in [1.29, 1.82) is 0 Å². The molecule has 0 aliphatic rings. The summed E-state index contributed by atoms with van der Waals surface area (Å²) >= 11 is 0. The molecule has 0 atom stereocenters. The third-order valence-electron chi connectivity index (χ3n) is 8.51. The fourth-order valence-corrected chi connectivity index (χ4v) is 6.05. The predicted molar refractivity (Wildman–Crippen MR) is 196 cm³/mol. The number of anilines is 2. The second kappa shape index (κ2) is 14.9. The molecule has 6 N–H and O–H groups in total. The van der Waals surface area contributed by atoms with Crippen LogP contribution in [0.4, 0.5) is 11.9 Å². The number of methoxy groups -OCH3 is 2. The smallest absolute Gasteiger partial charge is 0.295 e. The summed E-state index contributed by atoms with van der Waals surface area (Å²) in [7, 11) is 2.88. The Morgan fingerprint density at radius 3 is 1.41 bits per heavy atom. The number of oxazole rings is 2. The molecule has 0 fully saturated rings. The van der Waals surface area contributed by atoms with Crippen LogP contribution in [0.25, 0.3) is 22.1 Å². The number of carbonyl (C=O) groups is 4. The molecule has 0 aliphatic carbocycles. The van der Waals surface area contributed by atoms with E-state index in [-0.39, 0.29) is 47.6 Å². The first-order valence-electron chi connectivity index (χ1n) is 16.8. The predicted octanol–water partition coefficient (Wildman–Crippen LogP) is 4.08. The van der Waals surface area contributed by atoms with Crippen molar-refractivity contribution in [3.63, 3.8) is 0 Å². The topological polar surface area (TPSA) is 251 Å². The minimum atomic E-state index is -0.682. The van der Waals surface area contributed by atoms with Crippen LogP contribution in [-0.4, -0.2) is 66.9 Å². The molecule has 4 amide bonds. The fourth-order valence-electron chi connectivity index (χ4n) is 6.05. The molecule has 4 heterocycles. The number of nitrogens with two attached hydrogens (primary N) is 2. The van der Waals surface area contributed by atoms with Crippen molar-refractivity contribution >= 4 is 57.6 Å². The van der Waals surface area contributed by atoms with Gasteiger partial charge in [-0.25, -0.2) is 19.9 Å². The summed E-state index contributed by atoms with van der Waals surface area (Å²) in [4.78, 5) is 69.0. The van der Waals surface area contributed by atoms with Gasteiger partial charge in [0, 0.05) is 38.1 Å². The van der Waals surface area contributed by atoms with Crippen molar-refractivity contribution in [2.75, 3.05) is 24.9 Å². The molecule has 6 rings (SSSR count). The van der Waals surface area contributed by atoms with Gasteiger partial charge in [0.2, 0.25) is 35.2 Å². The fraction of sp³-hybridized carbons (Fsp3) is 0.278. The Hall–Kier alpha value is -6.98. The highest BCUT2D eigenvalue weighted by atomic mass is 16.5. The monoisotopic (exact) mass is 738 g/mol. The highest BCUT2D eigenvalue weighted by Crippen LogP contribution is 2.33. The van der Waals surface area contributed by atoms with Gasteiger partial charge >= 0.3 is 0 Å². The molecule has 6 aromatic rings. The summed E-state index contributed by atoms with van der Waals surface area (Å²) in [5.74, 6) is -0.864. The number of aromatic nitrogens is 6. The van der Waals surface area contributed by atoms with Gasteiger partial charge in [-0.3, -0.25) is 29.8 Å². The number of carbonyl (C=O) groups excluding carboxylic acids is 4. The molecule has 0 radical (unpaired) electrons. The van der Waals surface area contributed by atoms with Gasteiger partial charge in [-0.15, -0.1) is 0 Å². The first-order valence-corrected chi connectivity index (χ1v) is 16.8. The molecule has 4 aromatic heterocycles. The molecule has 0 saturated heterocycles. The van der Waals surface area contributed by atoms with Gasteiger partial charge in [-0.2, -0.15) is 0 Å².